The molecule has 0 N–H and O–H groups in total. The first-order valence-corrected chi connectivity index (χ1v) is 5.98. The van der Waals surface area contributed by atoms with E-state index in [0.717, 1.165) is 16.6 Å². The molecule has 0 fully saturated rings. The maximum absolute atomic E-state index is 10.6. The smallest absolute Gasteiger partial charge is 0.550 e. The Bertz CT molecular complexity index is 621. The van der Waals surface area contributed by atoms with Crippen LogP contribution in [0.1, 0.15) is 12.1 Å². The van der Waals surface area contributed by atoms with E-state index in [9.17, 15) is 9.90 Å². The van der Waals surface area contributed by atoms with Crippen LogP contribution in [0.2, 0.25) is 0 Å². The van der Waals surface area contributed by atoms with E-state index < -0.39 is 5.97 Å². The van der Waals surface area contributed by atoms with Crippen molar-refractivity contribution in [1.29, 1.82) is 0 Å². The summed E-state index contributed by atoms with van der Waals surface area (Å²) >= 11 is 0. The fraction of sp³-hybridized carbons (Fsp3) is 0.357. The van der Waals surface area contributed by atoms with Crippen LogP contribution in [0, 0.1) is 6.92 Å². The molecule has 1 heterocycles. The minimum atomic E-state index is -1.05. The molecular weight excluding hydrogens is 269 g/mol. The molecular formula is C14H16NNaO4. The molecule has 5 nitrogen and oxygen atoms in total. The summed E-state index contributed by atoms with van der Waals surface area (Å²) in [5, 5.41) is 11.6. The van der Waals surface area contributed by atoms with Crippen molar-refractivity contribution in [1.82, 2.24) is 4.57 Å². The van der Waals surface area contributed by atoms with Crippen LogP contribution in [-0.4, -0.2) is 24.8 Å². The zero-order valence-electron chi connectivity index (χ0n) is 12.2. The van der Waals surface area contributed by atoms with Gasteiger partial charge in [-0.2, -0.15) is 0 Å². The first kappa shape index (κ1) is 16.9. The van der Waals surface area contributed by atoms with Gasteiger partial charge in [-0.3, -0.25) is 0 Å². The molecule has 1 aromatic heterocycles. The fourth-order valence-corrected chi connectivity index (χ4v) is 2.23. The standard InChI is InChI=1S/C14H17NO4.Na/c1-9-6-10-7-12(18-2)13(19-3)8-11(10)15(9)5-4-14(16)17;/h6-8H,4-5H2,1-3H3,(H,16,17);/q;+1/p-1. The maximum atomic E-state index is 10.6. The molecule has 0 amide bonds. The molecule has 6 heteroatoms. The minimum Gasteiger partial charge on any atom is -0.550 e. The Kier molecular flexibility index (Phi) is 5.92. The Labute approximate surface area is 139 Å². The number of nitrogens with zero attached hydrogens (tertiary/aromatic N) is 1. The largest absolute Gasteiger partial charge is 1.00 e. The summed E-state index contributed by atoms with van der Waals surface area (Å²) in [6.45, 7) is 2.32. The number of aryl methyl sites for hydroxylation is 2. The number of fused-ring (bicyclic) bond motifs is 1. The van der Waals surface area contributed by atoms with Crippen LogP contribution >= 0.6 is 0 Å². The van der Waals surface area contributed by atoms with Crippen LogP contribution in [0.25, 0.3) is 10.9 Å². The van der Waals surface area contributed by atoms with Gasteiger partial charge in [0.25, 0.3) is 0 Å². The maximum Gasteiger partial charge on any atom is 1.00 e. The molecule has 0 saturated carbocycles. The molecule has 102 valence electrons. The molecule has 0 aliphatic carbocycles. The molecule has 0 atom stereocenters. The third-order valence-electron chi connectivity index (χ3n) is 3.15. The number of hydrogen-bond donors (Lipinski definition) is 0. The summed E-state index contributed by atoms with van der Waals surface area (Å²) in [5.74, 6) is 0.233. The first-order chi connectivity index (χ1) is 9.06. The van der Waals surface area contributed by atoms with Crippen molar-refractivity contribution in [3.63, 3.8) is 0 Å². The van der Waals surface area contributed by atoms with Crippen LogP contribution in [0.3, 0.4) is 0 Å². The molecule has 20 heavy (non-hydrogen) atoms. The summed E-state index contributed by atoms with van der Waals surface area (Å²) in [6.07, 6.45) is -0.0149. The number of benzene rings is 1. The topological polar surface area (TPSA) is 63.5 Å². The summed E-state index contributed by atoms with van der Waals surface area (Å²) in [7, 11) is 3.16. The average Bonchev–Trinajstić information content (AvgIpc) is 2.69. The van der Waals surface area contributed by atoms with Gasteiger partial charge >= 0.3 is 29.6 Å². The Balaban J connectivity index is 0.00000200. The van der Waals surface area contributed by atoms with Gasteiger partial charge in [0.05, 0.1) is 19.7 Å². The van der Waals surface area contributed by atoms with Crippen molar-refractivity contribution in [2.45, 2.75) is 19.9 Å². The van der Waals surface area contributed by atoms with Gasteiger partial charge in [0.2, 0.25) is 0 Å². The van der Waals surface area contributed by atoms with Crippen molar-refractivity contribution < 1.29 is 48.9 Å². The molecule has 0 saturated heterocycles. The van der Waals surface area contributed by atoms with E-state index >= 15 is 0 Å². The second kappa shape index (κ2) is 7.02. The fourth-order valence-electron chi connectivity index (χ4n) is 2.23. The zero-order valence-corrected chi connectivity index (χ0v) is 14.2. The van der Waals surface area contributed by atoms with E-state index in [4.69, 9.17) is 9.47 Å². The quantitative estimate of drug-likeness (QED) is 0.603. The van der Waals surface area contributed by atoms with Crippen LogP contribution in [0.15, 0.2) is 18.2 Å². The first-order valence-electron chi connectivity index (χ1n) is 5.98. The summed E-state index contributed by atoms with van der Waals surface area (Å²) < 4.78 is 12.5. The van der Waals surface area contributed by atoms with Crippen LogP contribution in [-0.2, 0) is 11.3 Å². The van der Waals surface area contributed by atoms with E-state index in [-0.39, 0.29) is 36.0 Å². The monoisotopic (exact) mass is 285 g/mol. The molecule has 0 unspecified atom stereocenters. The number of carboxylic acids is 1. The van der Waals surface area contributed by atoms with Gasteiger partial charge in [-0.15, -0.1) is 0 Å². The number of hydrogen-bond acceptors (Lipinski definition) is 4. The van der Waals surface area contributed by atoms with Gasteiger partial charge < -0.3 is 23.9 Å². The molecule has 0 spiro atoms. The number of carboxylic acid groups (broad SMARTS) is 1. The molecule has 1 aromatic carbocycles. The van der Waals surface area contributed by atoms with Crippen molar-refractivity contribution in [3.8, 4) is 11.5 Å². The Morgan fingerprint density at radius 2 is 1.80 bits per heavy atom. The molecule has 2 aromatic rings. The van der Waals surface area contributed by atoms with E-state index in [1.165, 1.54) is 0 Å². The number of rotatable bonds is 5. The molecule has 0 aliphatic heterocycles. The van der Waals surface area contributed by atoms with Crippen molar-refractivity contribution in [2.75, 3.05) is 14.2 Å². The number of carbonyl (C=O) groups excluding carboxylic acids is 1. The van der Waals surface area contributed by atoms with Crippen LogP contribution in [0.4, 0.5) is 0 Å². The molecule has 0 bridgehead atoms. The molecule has 0 radical (unpaired) electrons. The van der Waals surface area contributed by atoms with Gasteiger partial charge in [-0.25, -0.2) is 0 Å². The molecule has 0 aliphatic rings. The summed E-state index contributed by atoms with van der Waals surface area (Å²) in [6, 6.07) is 5.74. The van der Waals surface area contributed by atoms with Gasteiger partial charge in [-0.1, -0.05) is 0 Å². The average molecular weight is 285 g/mol. The normalized spacial score (nSPS) is 10.2. The predicted octanol–water partition coefficient (Wildman–Crippen LogP) is -1.89. The number of methoxy groups -OCH3 is 2. The van der Waals surface area contributed by atoms with Crippen LogP contribution in [0.5, 0.6) is 11.5 Å². The van der Waals surface area contributed by atoms with Gasteiger partial charge in [-0.05, 0) is 19.1 Å². The van der Waals surface area contributed by atoms with E-state index in [0.29, 0.717) is 18.0 Å². The van der Waals surface area contributed by atoms with Gasteiger partial charge in [0.15, 0.2) is 11.5 Å². The SMILES string of the molecule is COc1cc2cc(C)n(CCC(=O)[O-])c2cc1OC.[Na+]. The van der Waals surface area contributed by atoms with Crippen molar-refractivity contribution in [3.05, 3.63) is 23.9 Å². The molecule has 2 rings (SSSR count). The van der Waals surface area contributed by atoms with Crippen molar-refractivity contribution >= 4 is 16.9 Å². The zero-order chi connectivity index (χ0) is 14.0. The second-order valence-corrected chi connectivity index (χ2v) is 4.33. The number of aliphatic carboxylic acids is 1. The van der Waals surface area contributed by atoms with Crippen molar-refractivity contribution in [2.24, 2.45) is 0 Å². The van der Waals surface area contributed by atoms with Gasteiger partial charge in [0.1, 0.15) is 0 Å². The predicted molar refractivity (Wildman–Crippen MR) is 69.4 cm³/mol. The third-order valence-corrected chi connectivity index (χ3v) is 3.15. The van der Waals surface area contributed by atoms with E-state index in [1.807, 2.05) is 29.7 Å². The summed E-state index contributed by atoms with van der Waals surface area (Å²) in [4.78, 5) is 10.6. The number of carbonyl (C=O) groups is 1. The van der Waals surface area contributed by atoms with E-state index in [1.54, 1.807) is 14.2 Å². The Hall–Kier alpha value is -1.17. The number of aromatic nitrogens is 1. The Morgan fingerprint density at radius 1 is 1.20 bits per heavy atom. The van der Waals surface area contributed by atoms with Crippen LogP contribution < -0.4 is 44.1 Å². The summed E-state index contributed by atoms with van der Waals surface area (Å²) in [5.41, 5.74) is 1.92. The minimum absolute atomic E-state index is 0. The second-order valence-electron chi connectivity index (χ2n) is 4.33. The third kappa shape index (κ3) is 3.29. The van der Waals surface area contributed by atoms with E-state index in [2.05, 4.69) is 0 Å². The van der Waals surface area contributed by atoms with Gasteiger partial charge in [0, 0.05) is 36.1 Å². The number of ether oxygens (including phenoxy) is 2. The Morgan fingerprint density at radius 3 is 2.35 bits per heavy atom.